The highest BCUT2D eigenvalue weighted by atomic mass is 16.2. The number of carbonyl (C=O) groups is 1. The normalized spacial score (nSPS) is 32.7. The lowest BCUT2D eigenvalue weighted by Crippen LogP contribution is -2.52. The minimum Gasteiger partial charge on any atom is -0.351 e. The molecule has 0 radical (unpaired) electrons. The Morgan fingerprint density at radius 3 is 2.80 bits per heavy atom. The molecule has 2 heterocycles. The summed E-state index contributed by atoms with van der Waals surface area (Å²) < 4.78 is 0. The van der Waals surface area contributed by atoms with Gasteiger partial charge >= 0.3 is 6.03 Å². The molecule has 0 aromatic rings. The third-order valence-electron chi connectivity index (χ3n) is 3.71. The number of nitrogens with two attached hydrogens (primary N) is 1. The number of hydrogen-bond acceptors (Lipinski definition) is 2. The van der Waals surface area contributed by atoms with Gasteiger partial charge in [-0.25, -0.2) is 4.79 Å². The number of piperidine rings is 2. The van der Waals surface area contributed by atoms with Crippen molar-refractivity contribution in [3.63, 3.8) is 0 Å². The van der Waals surface area contributed by atoms with E-state index < -0.39 is 0 Å². The number of amides is 2. The van der Waals surface area contributed by atoms with Crippen LogP contribution < -0.4 is 11.1 Å². The van der Waals surface area contributed by atoms with Crippen molar-refractivity contribution in [1.29, 1.82) is 0 Å². The minimum atomic E-state index is -0.231. The lowest BCUT2D eigenvalue weighted by Gasteiger charge is -2.41. The van der Waals surface area contributed by atoms with E-state index in [1.54, 1.807) is 0 Å². The predicted octanol–water partition coefficient (Wildman–Crippen LogP) is 0.919. The highest BCUT2D eigenvalue weighted by Crippen LogP contribution is 2.27. The molecule has 2 aliphatic heterocycles. The van der Waals surface area contributed by atoms with Crippen LogP contribution in [0.3, 0.4) is 0 Å². The molecule has 3 N–H and O–H groups in total. The van der Waals surface area contributed by atoms with E-state index in [0.717, 1.165) is 32.5 Å². The fraction of sp³-hybridized carbons (Fsp3) is 0.909. The van der Waals surface area contributed by atoms with Gasteiger partial charge in [0.05, 0.1) is 0 Å². The fourth-order valence-electron chi connectivity index (χ4n) is 2.93. The molecule has 0 spiro atoms. The molecule has 0 aliphatic carbocycles. The Morgan fingerprint density at radius 2 is 2.13 bits per heavy atom. The average molecular weight is 211 g/mol. The molecule has 2 unspecified atom stereocenters. The second-order valence-corrected chi connectivity index (χ2v) is 4.70. The van der Waals surface area contributed by atoms with Crippen LogP contribution in [0.25, 0.3) is 0 Å². The van der Waals surface area contributed by atoms with Gasteiger partial charge in [0.1, 0.15) is 0 Å². The van der Waals surface area contributed by atoms with Crippen LogP contribution in [0, 0.1) is 5.92 Å². The molecule has 4 heteroatoms. The highest BCUT2D eigenvalue weighted by Gasteiger charge is 2.32. The van der Waals surface area contributed by atoms with Crippen LogP contribution in [0.4, 0.5) is 4.79 Å². The van der Waals surface area contributed by atoms with Gasteiger partial charge in [0, 0.05) is 12.6 Å². The van der Waals surface area contributed by atoms with E-state index in [9.17, 15) is 4.79 Å². The summed E-state index contributed by atoms with van der Waals surface area (Å²) >= 11 is 0. The van der Waals surface area contributed by atoms with Gasteiger partial charge in [-0.3, -0.25) is 0 Å². The first-order chi connectivity index (χ1) is 7.29. The molecule has 4 nitrogen and oxygen atoms in total. The van der Waals surface area contributed by atoms with E-state index in [-0.39, 0.29) is 6.03 Å². The van der Waals surface area contributed by atoms with Crippen molar-refractivity contribution in [3.05, 3.63) is 0 Å². The molecule has 0 aromatic carbocycles. The SMILES string of the molecule is NC(=O)N1CCCCC1C1CCCNC1. The van der Waals surface area contributed by atoms with Crippen LogP contribution in [-0.4, -0.2) is 36.6 Å². The zero-order valence-electron chi connectivity index (χ0n) is 9.24. The Kier molecular flexibility index (Phi) is 3.46. The third-order valence-corrected chi connectivity index (χ3v) is 3.71. The first-order valence-corrected chi connectivity index (χ1v) is 6.06. The van der Waals surface area contributed by atoms with Crippen LogP contribution in [0.15, 0.2) is 0 Å². The van der Waals surface area contributed by atoms with Crippen molar-refractivity contribution in [2.45, 2.75) is 38.1 Å². The molecule has 15 heavy (non-hydrogen) atoms. The van der Waals surface area contributed by atoms with Crippen LogP contribution in [0.2, 0.25) is 0 Å². The van der Waals surface area contributed by atoms with Crippen molar-refractivity contribution in [3.8, 4) is 0 Å². The van der Waals surface area contributed by atoms with Crippen molar-refractivity contribution in [2.24, 2.45) is 11.7 Å². The number of hydrogen-bond donors (Lipinski definition) is 2. The number of rotatable bonds is 1. The second kappa shape index (κ2) is 4.84. The Bertz CT molecular complexity index is 226. The summed E-state index contributed by atoms with van der Waals surface area (Å²) in [5, 5.41) is 3.41. The number of carbonyl (C=O) groups excluding carboxylic acids is 1. The van der Waals surface area contributed by atoms with Gasteiger partial charge in [0.25, 0.3) is 0 Å². The Morgan fingerprint density at radius 1 is 1.27 bits per heavy atom. The van der Waals surface area contributed by atoms with E-state index >= 15 is 0 Å². The quantitative estimate of drug-likeness (QED) is 0.677. The van der Waals surface area contributed by atoms with Crippen LogP contribution in [0.5, 0.6) is 0 Å². The molecule has 2 saturated heterocycles. The molecule has 86 valence electrons. The van der Waals surface area contributed by atoms with Crippen LogP contribution >= 0.6 is 0 Å². The molecule has 2 aliphatic rings. The third kappa shape index (κ3) is 2.43. The van der Waals surface area contributed by atoms with Crippen molar-refractivity contribution >= 4 is 6.03 Å². The lowest BCUT2D eigenvalue weighted by molar-refractivity contribution is 0.112. The second-order valence-electron chi connectivity index (χ2n) is 4.70. The summed E-state index contributed by atoms with van der Waals surface area (Å²) in [6.45, 7) is 3.03. The van der Waals surface area contributed by atoms with Crippen molar-refractivity contribution < 1.29 is 4.79 Å². The van der Waals surface area contributed by atoms with Crippen LogP contribution in [0.1, 0.15) is 32.1 Å². The topological polar surface area (TPSA) is 58.4 Å². The van der Waals surface area contributed by atoms with Gasteiger partial charge in [-0.2, -0.15) is 0 Å². The van der Waals surface area contributed by atoms with Crippen molar-refractivity contribution in [1.82, 2.24) is 10.2 Å². The van der Waals surface area contributed by atoms with E-state index in [1.165, 1.54) is 19.3 Å². The van der Waals surface area contributed by atoms with Gasteiger partial charge in [0.2, 0.25) is 0 Å². The Labute approximate surface area is 91.2 Å². The number of likely N-dealkylation sites (tertiary alicyclic amines) is 1. The maximum absolute atomic E-state index is 11.3. The summed E-state index contributed by atoms with van der Waals surface area (Å²) in [5.41, 5.74) is 5.43. The molecule has 0 bridgehead atoms. The fourth-order valence-corrected chi connectivity index (χ4v) is 2.93. The maximum atomic E-state index is 11.3. The van der Waals surface area contributed by atoms with E-state index in [0.29, 0.717) is 12.0 Å². The van der Waals surface area contributed by atoms with Gasteiger partial charge < -0.3 is 16.0 Å². The molecular formula is C11H21N3O. The molecule has 0 saturated carbocycles. The molecule has 2 rings (SSSR count). The van der Waals surface area contributed by atoms with E-state index in [2.05, 4.69) is 5.32 Å². The zero-order chi connectivity index (χ0) is 10.7. The monoisotopic (exact) mass is 211 g/mol. The number of nitrogens with one attached hydrogen (secondary N) is 1. The highest BCUT2D eigenvalue weighted by molar-refractivity contribution is 5.72. The molecule has 2 amide bonds. The minimum absolute atomic E-state index is 0.231. The average Bonchev–Trinajstić information content (AvgIpc) is 2.30. The Hall–Kier alpha value is -0.770. The Balaban J connectivity index is 1.99. The molecule has 2 fully saturated rings. The molecule has 2 atom stereocenters. The smallest absolute Gasteiger partial charge is 0.315 e. The summed E-state index contributed by atoms with van der Waals surface area (Å²) in [7, 11) is 0. The van der Waals surface area contributed by atoms with Crippen molar-refractivity contribution in [2.75, 3.05) is 19.6 Å². The summed E-state index contributed by atoms with van der Waals surface area (Å²) in [6, 6.07) is 0.161. The van der Waals surface area contributed by atoms with E-state index in [1.807, 2.05) is 4.90 Å². The number of urea groups is 1. The number of nitrogens with zero attached hydrogens (tertiary/aromatic N) is 1. The summed E-state index contributed by atoms with van der Waals surface area (Å²) in [4.78, 5) is 13.2. The summed E-state index contributed by atoms with van der Waals surface area (Å²) in [5.74, 6) is 0.617. The predicted molar refractivity (Wildman–Crippen MR) is 59.5 cm³/mol. The maximum Gasteiger partial charge on any atom is 0.315 e. The van der Waals surface area contributed by atoms with Gasteiger partial charge in [-0.15, -0.1) is 0 Å². The largest absolute Gasteiger partial charge is 0.351 e. The van der Waals surface area contributed by atoms with Gasteiger partial charge in [0.15, 0.2) is 0 Å². The zero-order valence-corrected chi connectivity index (χ0v) is 9.24. The van der Waals surface area contributed by atoms with Gasteiger partial charge in [-0.05, 0) is 51.1 Å². The van der Waals surface area contributed by atoms with E-state index in [4.69, 9.17) is 5.73 Å². The first-order valence-electron chi connectivity index (χ1n) is 6.06. The lowest BCUT2D eigenvalue weighted by atomic mass is 9.85. The summed E-state index contributed by atoms with van der Waals surface area (Å²) in [6.07, 6.45) is 5.95. The van der Waals surface area contributed by atoms with Gasteiger partial charge in [-0.1, -0.05) is 0 Å². The number of primary amides is 1. The standard InChI is InChI=1S/C11H21N3O/c12-11(15)14-7-2-1-5-10(14)9-4-3-6-13-8-9/h9-10,13H,1-8H2,(H2,12,15). The van der Waals surface area contributed by atoms with Crippen LogP contribution in [-0.2, 0) is 0 Å². The first kappa shape index (κ1) is 10.7. The molecular weight excluding hydrogens is 190 g/mol. The molecule has 0 aromatic heterocycles.